The van der Waals surface area contributed by atoms with Crippen LogP contribution in [0.1, 0.15) is 37.0 Å². The summed E-state index contributed by atoms with van der Waals surface area (Å²) in [6, 6.07) is 7.33. The molecular formula is C20H23Cl2NO3. The smallest absolute Gasteiger partial charge is 0.265 e. The van der Waals surface area contributed by atoms with Crippen molar-refractivity contribution in [3.8, 4) is 11.5 Å². The number of anilines is 1. The number of halogens is 2. The lowest BCUT2D eigenvalue weighted by atomic mass is 10.1. The Bertz CT molecular complexity index is 821. The molecule has 0 heterocycles. The van der Waals surface area contributed by atoms with Gasteiger partial charge in [-0.15, -0.1) is 0 Å². The molecule has 0 saturated carbocycles. The summed E-state index contributed by atoms with van der Waals surface area (Å²) in [5.74, 6) is 0.0940. The Labute approximate surface area is 164 Å². The molecule has 140 valence electrons. The maximum Gasteiger partial charge on any atom is 0.265 e. The number of aryl methyl sites for hydroxylation is 2. The third kappa shape index (κ3) is 4.43. The number of phenols is 1. The molecule has 0 aliphatic carbocycles. The minimum Gasteiger partial charge on any atom is -0.504 e. The predicted molar refractivity (Wildman–Crippen MR) is 107 cm³/mol. The van der Waals surface area contributed by atoms with Crippen LogP contribution in [0.15, 0.2) is 24.3 Å². The van der Waals surface area contributed by atoms with Crippen LogP contribution in [0.4, 0.5) is 5.69 Å². The highest BCUT2D eigenvalue weighted by molar-refractivity contribution is 6.37. The van der Waals surface area contributed by atoms with E-state index in [9.17, 15) is 9.90 Å². The average Bonchev–Trinajstić information content (AvgIpc) is 2.60. The quantitative estimate of drug-likeness (QED) is 0.618. The van der Waals surface area contributed by atoms with E-state index in [0.29, 0.717) is 29.2 Å². The van der Waals surface area contributed by atoms with E-state index in [1.165, 1.54) is 6.07 Å². The molecule has 0 aliphatic rings. The molecule has 26 heavy (non-hydrogen) atoms. The molecule has 0 aromatic heterocycles. The van der Waals surface area contributed by atoms with Crippen molar-refractivity contribution < 1.29 is 14.6 Å². The third-order valence-electron chi connectivity index (χ3n) is 4.17. The molecule has 2 aromatic rings. The average molecular weight is 396 g/mol. The minimum atomic E-state index is -0.710. The lowest BCUT2D eigenvalue weighted by molar-refractivity contribution is -0.122. The molecule has 1 atom stereocenters. The maximum atomic E-state index is 12.6. The molecule has 1 unspecified atom stereocenters. The van der Waals surface area contributed by atoms with Crippen molar-refractivity contribution in [2.75, 3.05) is 5.32 Å². The number of ether oxygens (including phenoxy) is 1. The van der Waals surface area contributed by atoms with E-state index < -0.39 is 6.10 Å². The molecule has 2 N–H and O–H groups in total. The zero-order valence-corrected chi connectivity index (χ0v) is 16.8. The standard InChI is InChI=1S/C20H23Cl2NO3/c1-5-13-14(21)10-15(19(24)18(13)22)23-20(25)16(6-2)26-17-9-11(3)7-8-12(17)4/h7-10,16,24H,5-6H2,1-4H3,(H,23,25). The fraction of sp³-hybridized carbons (Fsp3) is 0.350. The van der Waals surface area contributed by atoms with Gasteiger partial charge in [0.05, 0.1) is 10.7 Å². The highest BCUT2D eigenvalue weighted by Crippen LogP contribution is 2.39. The molecule has 0 saturated heterocycles. The number of carbonyl (C=O) groups excluding carboxylic acids is 1. The van der Waals surface area contributed by atoms with Gasteiger partial charge >= 0.3 is 0 Å². The van der Waals surface area contributed by atoms with Crippen molar-refractivity contribution in [3.63, 3.8) is 0 Å². The number of hydrogen-bond acceptors (Lipinski definition) is 3. The van der Waals surface area contributed by atoms with Gasteiger partial charge in [-0.05, 0) is 55.5 Å². The Morgan fingerprint density at radius 3 is 2.54 bits per heavy atom. The summed E-state index contributed by atoms with van der Waals surface area (Å²) in [5.41, 5.74) is 2.81. The lowest BCUT2D eigenvalue weighted by Crippen LogP contribution is -2.32. The normalized spacial score (nSPS) is 11.9. The number of hydrogen-bond donors (Lipinski definition) is 2. The zero-order valence-electron chi connectivity index (χ0n) is 15.3. The van der Waals surface area contributed by atoms with Crippen LogP contribution in [-0.2, 0) is 11.2 Å². The highest BCUT2D eigenvalue weighted by atomic mass is 35.5. The number of benzene rings is 2. The first kappa shape index (κ1) is 20.4. The summed E-state index contributed by atoms with van der Waals surface area (Å²) >= 11 is 12.3. The fourth-order valence-electron chi connectivity index (χ4n) is 2.59. The van der Waals surface area contributed by atoms with E-state index in [0.717, 1.165) is 11.1 Å². The van der Waals surface area contributed by atoms with Gasteiger partial charge in [0.25, 0.3) is 5.91 Å². The van der Waals surface area contributed by atoms with Gasteiger partial charge in [-0.2, -0.15) is 0 Å². The minimum absolute atomic E-state index is 0.152. The Balaban J connectivity index is 2.23. The van der Waals surface area contributed by atoms with Gasteiger partial charge in [0.2, 0.25) is 0 Å². The largest absolute Gasteiger partial charge is 0.504 e. The van der Waals surface area contributed by atoms with Gasteiger partial charge in [0.1, 0.15) is 5.75 Å². The van der Waals surface area contributed by atoms with Gasteiger partial charge in [0.15, 0.2) is 11.9 Å². The molecule has 0 radical (unpaired) electrons. The van der Waals surface area contributed by atoms with E-state index in [1.54, 1.807) is 0 Å². The summed E-state index contributed by atoms with van der Waals surface area (Å²) < 4.78 is 5.89. The Hall–Kier alpha value is -1.91. The Kier molecular flexibility index (Phi) is 6.79. The van der Waals surface area contributed by atoms with Crippen LogP contribution in [0.2, 0.25) is 10.0 Å². The van der Waals surface area contributed by atoms with Crippen LogP contribution < -0.4 is 10.1 Å². The van der Waals surface area contributed by atoms with Crippen LogP contribution in [0.25, 0.3) is 0 Å². The van der Waals surface area contributed by atoms with Crippen LogP contribution in [0.3, 0.4) is 0 Å². The summed E-state index contributed by atoms with van der Waals surface area (Å²) in [6.07, 6.45) is 0.333. The molecular weight excluding hydrogens is 373 g/mol. The molecule has 1 amide bonds. The molecule has 0 fully saturated rings. The van der Waals surface area contributed by atoms with Gasteiger partial charge in [-0.3, -0.25) is 4.79 Å². The molecule has 6 heteroatoms. The second kappa shape index (κ2) is 8.65. The van der Waals surface area contributed by atoms with E-state index >= 15 is 0 Å². The van der Waals surface area contributed by atoms with E-state index in [2.05, 4.69) is 5.32 Å². The molecule has 0 bridgehead atoms. The van der Waals surface area contributed by atoms with Crippen LogP contribution in [0.5, 0.6) is 11.5 Å². The van der Waals surface area contributed by atoms with Crippen LogP contribution >= 0.6 is 23.2 Å². The molecule has 4 nitrogen and oxygen atoms in total. The van der Waals surface area contributed by atoms with Gasteiger partial charge in [-0.1, -0.05) is 49.2 Å². The van der Waals surface area contributed by atoms with Crippen molar-refractivity contribution in [1.29, 1.82) is 0 Å². The zero-order chi connectivity index (χ0) is 19.4. The molecule has 0 spiro atoms. The van der Waals surface area contributed by atoms with E-state index in [1.807, 2.05) is 45.9 Å². The van der Waals surface area contributed by atoms with Crippen molar-refractivity contribution in [3.05, 3.63) is 51.0 Å². The molecule has 2 aromatic carbocycles. The number of aromatic hydroxyl groups is 1. The second-order valence-corrected chi connectivity index (χ2v) is 6.96. The fourth-order valence-corrected chi connectivity index (χ4v) is 3.31. The SMILES string of the molecule is CCc1c(Cl)cc(NC(=O)C(CC)Oc2cc(C)ccc2C)c(O)c1Cl. The lowest BCUT2D eigenvalue weighted by Gasteiger charge is -2.20. The molecule has 2 rings (SSSR count). The number of rotatable bonds is 6. The van der Waals surface area contributed by atoms with E-state index in [-0.39, 0.29) is 22.4 Å². The summed E-state index contributed by atoms with van der Waals surface area (Å²) in [6.45, 7) is 7.63. The highest BCUT2D eigenvalue weighted by Gasteiger charge is 2.22. The van der Waals surface area contributed by atoms with Crippen LogP contribution in [-0.4, -0.2) is 17.1 Å². The van der Waals surface area contributed by atoms with Gasteiger partial charge in [0, 0.05) is 5.02 Å². The van der Waals surface area contributed by atoms with Gasteiger partial charge in [-0.25, -0.2) is 0 Å². The van der Waals surface area contributed by atoms with Crippen molar-refractivity contribution in [2.45, 2.75) is 46.6 Å². The number of carbonyl (C=O) groups is 1. The van der Waals surface area contributed by atoms with Gasteiger partial charge < -0.3 is 15.2 Å². The van der Waals surface area contributed by atoms with Crippen LogP contribution in [0, 0.1) is 13.8 Å². The maximum absolute atomic E-state index is 12.6. The van der Waals surface area contributed by atoms with Crippen molar-refractivity contribution in [1.82, 2.24) is 0 Å². The third-order valence-corrected chi connectivity index (χ3v) is 4.92. The predicted octanol–water partition coefficient (Wildman–Crippen LogP) is 5.67. The first-order valence-corrected chi connectivity index (χ1v) is 9.28. The number of phenolic OH excluding ortho intramolecular Hbond substituents is 1. The topological polar surface area (TPSA) is 58.6 Å². The second-order valence-electron chi connectivity index (χ2n) is 6.17. The monoisotopic (exact) mass is 395 g/mol. The Morgan fingerprint density at radius 2 is 1.92 bits per heavy atom. The number of nitrogens with one attached hydrogen (secondary N) is 1. The summed E-state index contributed by atoms with van der Waals surface area (Å²) in [5, 5.41) is 13.5. The Morgan fingerprint density at radius 1 is 1.23 bits per heavy atom. The number of amides is 1. The van der Waals surface area contributed by atoms with Crippen molar-refractivity contribution >= 4 is 34.8 Å². The summed E-state index contributed by atoms with van der Waals surface area (Å²) in [4.78, 5) is 12.6. The van der Waals surface area contributed by atoms with Crippen molar-refractivity contribution in [2.24, 2.45) is 0 Å². The first-order valence-electron chi connectivity index (χ1n) is 8.53. The molecule has 0 aliphatic heterocycles. The first-order chi connectivity index (χ1) is 12.3. The van der Waals surface area contributed by atoms with E-state index in [4.69, 9.17) is 27.9 Å². The summed E-state index contributed by atoms with van der Waals surface area (Å²) in [7, 11) is 0.